The van der Waals surface area contributed by atoms with Gasteiger partial charge in [0.15, 0.2) is 0 Å². The Morgan fingerprint density at radius 2 is 1.93 bits per heavy atom. The Morgan fingerprint density at radius 1 is 1.27 bits per heavy atom. The van der Waals surface area contributed by atoms with Crippen LogP contribution in [0.3, 0.4) is 0 Å². The molecule has 0 bridgehead atoms. The normalized spacial score (nSPS) is 12.5. The van der Waals surface area contributed by atoms with Gasteiger partial charge in [-0.3, -0.25) is 9.59 Å². The first kappa shape index (κ1) is 24.2. The van der Waals surface area contributed by atoms with Gasteiger partial charge in [0, 0.05) is 18.0 Å². The lowest BCUT2D eigenvalue weighted by Crippen LogP contribution is -2.41. The lowest BCUT2D eigenvalue weighted by Gasteiger charge is -2.23. The monoisotopic (exact) mass is 452 g/mol. The number of hydrogen-bond donors (Lipinski definition) is 1. The van der Waals surface area contributed by atoms with Gasteiger partial charge in [-0.2, -0.15) is 5.10 Å². The molecule has 1 N–H and O–H groups in total. The first-order valence-electron chi connectivity index (χ1n) is 10.1. The van der Waals surface area contributed by atoms with E-state index in [2.05, 4.69) is 10.4 Å². The van der Waals surface area contributed by atoms with Crippen LogP contribution >= 0.6 is 23.2 Å². The lowest BCUT2D eigenvalue weighted by molar-refractivity contribution is -0.134. The van der Waals surface area contributed by atoms with Crippen LogP contribution < -0.4 is 5.32 Å². The predicted octanol–water partition coefficient (Wildman–Crippen LogP) is 5.02. The summed E-state index contributed by atoms with van der Waals surface area (Å²) in [6.45, 7) is 10.2. The highest BCUT2D eigenvalue weighted by atomic mass is 35.5. The summed E-state index contributed by atoms with van der Waals surface area (Å²) in [6.07, 6.45) is 1.71. The number of rotatable bonds is 8. The average molecular weight is 453 g/mol. The number of para-hydroxylation sites is 1. The molecule has 1 unspecified atom stereocenters. The number of nitrogens with zero attached hydrogens (tertiary/aromatic N) is 3. The second-order valence-electron chi connectivity index (χ2n) is 8.31. The number of nitrogens with one attached hydrogen (secondary N) is 1. The Labute approximate surface area is 188 Å². The van der Waals surface area contributed by atoms with Crippen molar-refractivity contribution in [3.8, 4) is 5.69 Å². The Morgan fingerprint density at radius 3 is 2.50 bits per heavy atom. The fourth-order valence-corrected chi connectivity index (χ4v) is 3.22. The van der Waals surface area contributed by atoms with Gasteiger partial charge in [-0.05, 0) is 25.5 Å². The zero-order valence-corrected chi connectivity index (χ0v) is 19.7. The van der Waals surface area contributed by atoms with E-state index in [1.54, 1.807) is 17.7 Å². The molecule has 164 valence electrons. The first-order valence-corrected chi connectivity index (χ1v) is 10.9. The third kappa shape index (κ3) is 6.22. The molecule has 1 heterocycles. The summed E-state index contributed by atoms with van der Waals surface area (Å²) < 4.78 is 1.63. The number of carbonyl (C=O) groups excluding carboxylic acids is 2. The largest absolute Gasteiger partial charge is 0.332 e. The van der Waals surface area contributed by atoms with Crippen molar-refractivity contribution in [1.82, 2.24) is 14.7 Å². The van der Waals surface area contributed by atoms with Crippen molar-refractivity contribution in [3.63, 3.8) is 0 Å². The third-order valence-corrected chi connectivity index (χ3v) is 5.10. The van der Waals surface area contributed by atoms with E-state index in [9.17, 15) is 9.59 Å². The minimum atomic E-state index is -0.684. The summed E-state index contributed by atoms with van der Waals surface area (Å²) in [5.74, 6) is -0.0690. The Hall–Kier alpha value is -2.05. The van der Waals surface area contributed by atoms with Crippen LogP contribution in [0.5, 0.6) is 0 Å². The number of amides is 2. The van der Waals surface area contributed by atoms with Crippen LogP contribution in [-0.2, 0) is 15.0 Å². The van der Waals surface area contributed by atoms with Crippen molar-refractivity contribution in [1.29, 1.82) is 0 Å². The first-order chi connectivity index (χ1) is 14.0. The van der Waals surface area contributed by atoms with Crippen LogP contribution in [0.25, 0.3) is 5.69 Å². The van der Waals surface area contributed by atoms with Crippen molar-refractivity contribution in [2.24, 2.45) is 0 Å². The molecule has 2 aromatic rings. The van der Waals surface area contributed by atoms with Crippen LogP contribution in [0, 0.1) is 0 Å². The average Bonchev–Trinajstić information content (AvgIpc) is 3.08. The molecule has 2 rings (SSSR count). The Bertz CT molecular complexity index is 888. The van der Waals surface area contributed by atoms with Crippen molar-refractivity contribution in [2.75, 3.05) is 18.4 Å². The molecule has 1 atom stereocenters. The maximum Gasteiger partial charge on any atom is 0.245 e. The maximum atomic E-state index is 12.8. The molecular formula is C22H30Cl2N4O2. The van der Waals surface area contributed by atoms with Gasteiger partial charge < -0.3 is 10.2 Å². The molecule has 1 aromatic heterocycles. The lowest BCUT2D eigenvalue weighted by atomic mass is 9.92. The molecule has 0 saturated carbocycles. The quantitative estimate of drug-likeness (QED) is 0.571. The number of alkyl halides is 1. The zero-order chi connectivity index (χ0) is 22.5. The molecule has 2 amide bonds. The summed E-state index contributed by atoms with van der Waals surface area (Å²) in [7, 11) is 0. The minimum absolute atomic E-state index is 0.0750. The molecular weight excluding hydrogens is 423 g/mol. The summed E-state index contributed by atoms with van der Waals surface area (Å²) in [4.78, 5) is 26.7. The van der Waals surface area contributed by atoms with Gasteiger partial charge in [-0.25, -0.2) is 4.68 Å². The molecule has 0 aliphatic carbocycles. The van der Waals surface area contributed by atoms with Gasteiger partial charge in [0.2, 0.25) is 11.8 Å². The van der Waals surface area contributed by atoms with E-state index >= 15 is 0 Å². The van der Waals surface area contributed by atoms with Crippen LogP contribution in [0.1, 0.15) is 53.2 Å². The molecule has 0 aliphatic heterocycles. The SMILES string of the molecule is CCCCN(CC(=O)Nc1cc(C(C)(C)C)nn1-c1ccccc1Cl)C(=O)C(C)Cl. The van der Waals surface area contributed by atoms with Crippen molar-refractivity contribution < 1.29 is 9.59 Å². The standard InChI is InChI=1S/C22H30Cl2N4O2/c1-6-7-12-27(21(30)15(2)23)14-20(29)25-19-13-18(22(3,4)5)26-28(19)17-11-9-8-10-16(17)24/h8-11,13,15H,6-7,12,14H2,1-5H3,(H,25,29). The number of unbranched alkanes of at least 4 members (excludes halogenated alkanes) is 1. The summed E-state index contributed by atoms with van der Waals surface area (Å²) in [5.41, 5.74) is 1.26. The highest BCUT2D eigenvalue weighted by Crippen LogP contribution is 2.29. The van der Waals surface area contributed by atoms with E-state index in [0.29, 0.717) is 23.1 Å². The van der Waals surface area contributed by atoms with Gasteiger partial charge in [0.25, 0.3) is 0 Å². The van der Waals surface area contributed by atoms with Gasteiger partial charge >= 0.3 is 0 Å². The van der Waals surface area contributed by atoms with Gasteiger partial charge in [-0.15, -0.1) is 11.6 Å². The number of anilines is 1. The summed E-state index contributed by atoms with van der Waals surface area (Å²) in [5, 5.41) is 7.41. The van der Waals surface area contributed by atoms with Gasteiger partial charge in [0.1, 0.15) is 11.2 Å². The van der Waals surface area contributed by atoms with Gasteiger partial charge in [-0.1, -0.05) is 57.8 Å². The molecule has 0 radical (unpaired) electrons. The number of halogens is 2. The van der Waals surface area contributed by atoms with Crippen LogP contribution in [0.15, 0.2) is 30.3 Å². The van der Waals surface area contributed by atoms with Crippen LogP contribution in [0.4, 0.5) is 5.82 Å². The van der Waals surface area contributed by atoms with E-state index in [4.69, 9.17) is 23.2 Å². The molecule has 8 heteroatoms. The van der Waals surface area contributed by atoms with E-state index < -0.39 is 5.38 Å². The van der Waals surface area contributed by atoms with E-state index in [0.717, 1.165) is 18.5 Å². The fraction of sp³-hybridized carbons (Fsp3) is 0.500. The molecule has 1 aromatic carbocycles. The summed E-state index contributed by atoms with van der Waals surface area (Å²) in [6, 6.07) is 9.14. The Kier molecular flexibility index (Phi) is 8.33. The topological polar surface area (TPSA) is 67.2 Å². The molecule has 30 heavy (non-hydrogen) atoms. The number of hydrogen-bond acceptors (Lipinski definition) is 3. The van der Waals surface area contributed by atoms with E-state index in [-0.39, 0.29) is 23.8 Å². The summed E-state index contributed by atoms with van der Waals surface area (Å²) >= 11 is 12.3. The van der Waals surface area contributed by atoms with Crippen molar-refractivity contribution >= 4 is 40.8 Å². The second kappa shape index (κ2) is 10.3. The zero-order valence-electron chi connectivity index (χ0n) is 18.2. The van der Waals surface area contributed by atoms with Crippen LogP contribution in [0.2, 0.25) is 5.02 Å². The van der Waals surface area contributed by atoms with Crippen molar-refractivity contribution in [2.45, 2.75) is 58.3 Å². The second-order valence-corrected chi connectivity index (χ2v) is 9.37. The smallest absolute Gasteiger partial charge is 0.245 e. The molecule has 0 spiro atoms. The minimum Gasteiger partial charge on any atom is -0.332 e. The van der Waals surface area contributed by atoms with E-state index in [1.807, 2.05) is 52.0 Å². The highest BCUT2D eigenvalue weighted by Gasteiger charge is 2.24. The molecule has 0 aliphatic rings. The van der Waals surface area contributed by atoms with E-state index in [1.165, 1.54) is 4.90 Å². The molecule has 6 nitrogen and oxygen atoms in total. The predicted molar refractivity (Wildman–Crippen MR) is 123 cm³/mol. The number of carbonyl (C=O) groups is 2. The van der Waals surface area contributed by atoms with Crippen LogP contribution in [-0.4, -0.2) is 45.0 Å². The molecule has 0 fully saturated rings. The maximum absolute atomic E-state index is 12.8. The Balaban J connectivity index is 2.31. The molecule has 0 saturated heterocycles. The number of benzene rings is 1. The van der Waals surface area contributed by atoms with Crippen molar-refractivity contribution in [3.05, 3.63) is 41.0 Å². The highest BCUT2D eigenvalue weighted by molar-refractivity contribution is 6.32. The van der Waals surface area contributed by atoms with Gasteiger partial charge in [0.05, 0.1) is 22.9 Å². The fourth-order valence-electron chi connectivity index (χ4n) is 2.87. The third-order valence-electron chi connectivity index (χ3n) is 4.59. The number of aromatic nitrogens is 2.